The first-order valence-corrected chi connectivity index (χ1v) is 9.50. The zero-order valence-electron chi connectivity index (χ0n) is 15.1. The summed E-state index contributed by atoms with van der Waals surface area (Å²) in [7, 11) is 0. The molecule has 0 atom stereocenters. The van der Waals surface area contributed by atoms with Crippen molar-refractivity contribution >= 4 is 33.1 Å². The molecule has 130 valence electrons. The summed E-state index contributed by atoms with van der Waals surface area (Å²) in [4.78, 5) is 16.1. The lowest BCUT2D eigenvalue weighted by Crippen LogP contribution is -1.99. The molecule has 0 spiro atoms. The maximum atomic E-state index is 4.82. The first kappa shape index (κ1) is 16.7. The standard InChI is InChI=1S/C21H20N4S/c1-4-17-11-18-20(23-16-9-13(2)8-14(3)10-16)24-19(25-21(18)26-17)15-6-5-7-22-12-15/h5-12H,4H2,1-3H3,(H,23,24,25). The molecule has 0 aliphatic heterocycles. The predicted octanol–water partition coefficient (Wildman–Crippen LogP) is 5.68. The Morgan fingerprint density at radius 3 is 2.54 bits per heavy atom. The van der Waals surface area contributed by atoms with Crippen LogP contribution in [0, 0.1) is 13.8 Å². The second-order valence-corrected chi connectivity index (χ2v) is 7.54. The summed E-state index contributed by atoms with van der Waals surface area (Å²) in [6.45, 7) is 6.38. The largest absolute Gasteiger partial charge is 0.340 e. The van der Waals surface area contributed by atoms with E-state index < -0.39 is 0 Å². The van der Waals surface area contributed by atoms with Gasteiger partial charge in [0.2, 0.25) is 0 Å². The van der Waals surface area contributed by atoms with E-state index in [1.165, 1.54) is 16.0 Å². The molecule has 0 amide bonds. The normalized spacial score (nSPS) is 11.0. The minimum Gasteiger partial charge on any atom is -0.340 e. The van der Waals surface area contributed by atoms with Crippen molar-refractivity contribution in [3.63, 3.8) is 0 Å². The molecule has 4 nitrogen and oxygen atoms in total. The second-order valence-electron chi connectivity index (χ2n) is 6.42. The number of aromatic nitrogens is 3. The van der Waals surface area contributed by atoms with Gasteiger partial charge in [-0.1, -0.05) is 13.0 Å². The van der Waals surface area contributed by atoms with E-state index in [0.29, 0.717) is 5.82 Å². The van der Waals surface area contributed by atoms with Gasteiger partial charge in [0, 0.05) is 28.5 Å². The van der Waals surface area contributed by atoms with Crippen molar-refractivity contribution in [2.24, 2.45) is 0 Å². The number of nitrogens with zero attached hydrogens (tertiary/aromatic N) is 3. The Morgan fingerprint density at radius 2 is 1.85 bits per heavy atom. The number of hydrogen-bond donors (Lipinski definition) is 1. The molecule has 1 N–H and O–H groups in total. The van der Waals surface area contributed by atoms with Crippen LogP contribution in [0.2, 0.25) is 0 Å². The summed E-state index contributed by atoms with van der Waals surface area (Å²) in [5.41, 5.74) is 4.42. The molecule has 0 unspecified atom stereocenters. The monoisotopic (exact) mass is 360 g/mol. The highest BCUT2D eigenvalue weighted by atomic mass is 32.1. The van der Waals surface area contributed by atoms with E-state index in [1.54, 1.807) is 23.7 Å². The van der Waals surface area contributed by atoms with Crippen LogP contribution in [0.5, 0.6) is 0 Å². The molecule has 0 aliphatic rings. The number of pyridine rings is 1. The maximum Gasteiger partial charge on any atom is 0.164 e. The van der Waals surface area contributed by atoms with Crippen molar-refractivity contribution in [3.05, 3.63) is 64.8 Å². The van der Waals surface area contributed by atoms with Crippen LogP contribution in [0.25, 0.3) is 21.6 Å². The molecule has 26 heavy (non-hydrogen) atoms. The lowest BCUT2D eigenvalue weighted by atomic mass is 10.1. The summed E-state index contributed by atoms with van der Waals surface area (Å²) in [5.74, 6) is 1.54. The van der Waals surface area contributed by atoms with E-state index in [0.717, 1.165) is 33.7 Å². The third-order valence-electron chi connectivity index (χ3n) is 4.20. The quantitative estimate of drug-likeness (QED) is 0.509. The number of rotatable bonds is 4. The molecule has 3 heterocycles. The summed E-state index contributed by atoms with van der Waals surface area (Å²) < 4.78 is 0. The zero-order valence-corrected chi connectivity index (χ0v) is 15.9. The van der Waals surface area contributed by atoms with Crippen LogP contribution in [0.3, 0.4) is 0 Å². The number of hydrogen-bond acceptors (Lipinski definition) is 5. The number of fused-ring (bicyclic) bond motifs is 1. The fourth-order valence-electron chi connectivity index (χ4n) is 3.05. The molecular formula is C21H20N4S. The van der Waals surface area contributed by atoms with E-state index in [-0.39, 0.29) is 0 Å². The van der Waals surface area contributed by atoms with Crippen LogP contribution in [-0.2, 0) is 6.42 Å². The topological polar surface area (TPSA) is 50.7 Å². The van der Waals surface area contributed by atoms with Gasteiger partial charge in [-0.3, -0.25) is 4.98 Å². The highest BCUT2D eigenvalue weighted by Crippen LogP contribution is 2.33. The molecular weight excluding hydrogens is 340 g/mol. The lowest BCUT2D eigenvalue weighted by molar-refractivity contribution is 1.19. The van der Waals surface area contributed by atoms with Gasteiger partial charge in [0.1, 0.15) is 10.6 Å². The Labute approximate surface area is 157 Å². The van der Waals surface area contributed by atoms with Gasteiger partial charge in [-0.15, -0.1) is 11.3 Å². The molecule has 0 aliphatic carbocycles. The van der Waals surface area contributed by atoms with Gasteiger partial charge in [0.05, 0.1) is 5.39 Å². The zero-order chi connectivity index (χ0) is 18.1. The van der Waals surface area contributed by atoms with Crippen molar-refractivity contribution in [1.29, 1.82) is 0 Å². The van der Waals surface area contributed by atoms with Crippen LogP contribution < -0.4 is 5.32 Å². The first-order chi connectivity index (χ1) is 12.6. The Bertz CT molecular complexity index is 1050. The van der Waals surface area contributed by atoms with Gasteiger partial charge in [-0.25, -0.2) is 9.97 Å². The lowest BCUT2D eigenvalue weighted by Gasteiger charge is -2.10. The highest BCUT2D eigenvalue weighted by Gasteiger charge is 2.13. The smallest absolute Gasteiger partial charge is 0.164 e. The number of thiophene rings is 1. The SMILES string of the molecule is CCc1cc2c(Nc3cc(C)cc(C)c3)nc(-c3cccnc3)nc2s1. The molecule has 0 fully saturated rings. The van der Waals surface area contributed by atoms with E-state index in [2.05, 4.69) is 55.3 Å². The summed E-state index contributed by atoms with van der Waals surface area (Å²) >= 11 is 1.73. The molecule has 0 saturated heterocycles. The molecule has 4 rings (SSSR count). The average Bonchev–Trinajstić information content (AvgIpc) is 3.05. The van der Waals surface area contributed by atoms with Crippen LogP contribution in [0.1, 0.15) is 22.9 Å². The van der Waals surface area contributed by atoms with E-state index in [4.69, 9.17) is 9.97 Å². The average molecular weight is 360 g/mol. The summed E-state index contributed by atoms with van der Waals surface area (Å²) in [6.07, 6.45) is 4.55. The molecule has 3 aromatic heterocycles. The van der Waals surface area contributed by atoms with Gasteiger partial charge in [-0.2, -0.15) is 0 Å². The third kappa shape index (κ3) is 3.30. The number of aryl methyl sites for hydroxylation is 3. The first-order valence-electron chi connectivity index (χ1n) is 8.68. The van der Waals surface area contributed by atoms with Crippen molar-refractivity contribution in [2.45, 2.75) is 27.2 Å². The van der Waals surface area contributed by atoms with Crippen LogP contribution >= 0.6 is 11.3 Å². The van der Waals surface area contributed by atoms with E-state index in [9.17, 15) is 0 Å². The minimum absolute atomic E-state index is 0.696. The Hall–Kier alpha value is -2.79. The molecule has 0 saturated carbocycles. The van der Waals surface area contributed by atoms with Gasteiger partial charge >= 0.3 is 0 Å². The maximum absolute atomic E-state index is 4.82. The van der Waals surface area contributed by atoms with Gasteiger partial charge in [0.15, 0.2) is 5.82 Å². The summed E-state index contributed by atoms with van der Waals surface area (Å²) in [5, 5.41) is 4.58. The van der Waals surface area contributed by atoms with Crippen LogP contribution in [0.4, 0.5) is 11.5 Å². The van der Waals surface area contributed by atoms with E-state index >= 15 is 0 Å². The minimum atomic E-state index is 0.696. The molecule has 0 radical (unpaired) electrons. The van der Waals surface area contributed by atoms with E-state index in [1.807, 2.05) is 12.1 Å². The fraction of sp³-hybridized carbons (Fsp3) is 0.190. The predicted molar refractivity (Wildman–Crippen MR) is 109 cm³/mol. The van der Waals surface area contributed by atoms with Crippen molar-refractivity contribution in [3.8, 4) is 11.4 Å². The van der Waals surface area contributed by atoms with Gasteiger partial charge in [-0.05, 0) is 61.7 Å². The van der Waals surface area contributed by atoms with Crippen molar-refractivity contribution in [1.82, 2.24) is 15.0 Å². The highest BCUT2D eigenvalue weighted by molar-refractivity contribution is 7.18. The van der Waals surface area contributed by atoms with Gasteiger partial charge in [0.25, 0.3) is 0 Å². The third-order valence-corrected chi connectivity index (χ3v) is 5.37. The van der Waals surface area contributed by atoms with Crippen molar-refractivity contribution < 1.29 is 0 Å². The Balaban J connectivity index is 1.86. The Kier molecular flexibility index (Phi) is 4.39. The van der Waals surface area contributed by atoms with Crippen molar-refractivity contribution in [2.75, 3.05) is 5.32 Å². The Morgan fingerprint density at radius 1 is 1.04 bits per heavy atom. The molecule has 5 heteroatoms. The van der Waals surface area contributed by atoms with Crippen LogP contribution in [-0.4, -0.2) is 15.0 Å². The number of anilines is 2. The second kappa shape index (κ2) is 6.84. The molecule has 0 bridgehead atoms. The molecule has 4 aromatic rings. The fourth-order valence-corrected chi connectivity index (χ4v) is 4.02. The van der Waals surface area contributed by atoms with Crippen LogP contribution in [0.15, 0.2) is 48.8 Å². The molecule has 1 aromatic carbocycles. The van der Waals surface area contributed by atoms with Gasteiger partial charge < -0.3 is 5.32 Å². The number of nitrogens with one attached hydrogen (secondary N) is 1. The number of benzene rings is 1. The summed E-state index contributed by atoms with van der Waals surface area (Å²) in [6, 6.07) is 12.5.